The van der Waals surface area contributed by atoms with Crippen molar-refractivity contribution < 1.29 is 19.8 Å². The third kappa shape index (κ3) is 4.40. The van der Waals surface area contributed by atoms with Gasteiger partial charge in [0.15, 0.2) is 0 Å². The summed E-state index contributed by atoms with van der Waals surface area (Å²) in [6, 6.07) is 13.9. The maximum absolute atomic E-state index is 12.6. The summed E-state index contributed by atoms with van der Waals surface area (Å²) < 4.78 is 0. The lowest BCUT2D eigenvalue weighted by atomic mass is 10.1. The summed E-state index contributed by atoms with van der Waals surface area (Å²) in [5.41, 5.74) is 2.61. The van der Waals surface area contributed by atoms with Gasteiger partial charge in [-0.25, -0.2) is 4.79 Å². The van der Waals surface area contributed by atoms with Gasteiger partial charge in [-0.1, -0.05) is 18.2 Å². The van der Waals surface area contributed by atoms with Crippen molar-refractivity contribution in [3.05, 3.63) is 65.2 Å². The van der Waals surface area contributed by atoms with Gasteiger partial charge in [-0.2, -0.15) is 0 Å². The summed E-state index contributed by atoms with van der Waals surface area (Å²) in [5.74, 6) is -1.02. The molecule has 0 spiro atoms. The van der Waals surface area contributed by atoms with E-state index in [0.717, 1.165) is 24.1 Å². The molecule has 0 aliphatic carbocycles. The largest absolute Gasteiger partial charge is 0.478 e. The number of nitrogens with zero attached hydrogens (tertiary/aromatic N) is 1. The zero-order chi connectivity index (χ0) is 18.5. The lowest BCUT2D eigenvalue weighted by molar-refractivity contribution is 0.0473. The Morgan fingerprint density at radius 2 is 1.88 bits per heavy atom. The SMILES string of the molecule is O=C(O)c1ccc(CNc2cccc(C(=O)N3CCCC(O)C3)c2)cc1. The number of aliphatic hydroxyl groups excluding tert-OH is 1. The van der Waals surface area contributed by atoms with Crippen molar-refractivity contribution in [3.63, 3.8) is 0 Å². The number of carbonyl (C=O) groups is 2. The number of aliphatic hydroxyl groups is 1. The maximum atomic E-state index is 12.6. The van der Waals surface area contributed by atoms with Crippen LogP contribution in [-0.2, 0) is 6.54 Å². The first-order valence-electron chi connectivity index (χ1n) is 8.66. The smallest absolute Gasteiger partial charge is 0.335 e. The summed E-state index contributed by atoms with van der Waals surface area (Å²) in [4.78, 5) is 25.2. The summed E-state index contributed by atoms with van der Waals surface area (Å²) >= 11 is 0. The van der Waals surface area contributed by atoms with Gasteiger partial charge in [0.1, 0.15) is 0 Å². The van der Waals surface area contributed by atoms with Gasteiger partial charge in [0, 0.05) is 30.9 Å². The van der Waals surface area contributed by atoms with E-state index in [2.05, 4.69) is 5.32 Å². The molecule has 1 heterocycles. The molecule has 6 nitrogen and oxygen atoms in total. The van der Waals surface area contributed by atoms with Gasteiger partial charge in [0.2, 0.25) is 0 Å². The Balaban J connectivity index is 1.63. The highest BCUT2D eigenvalue weighted by atomic mass is 16.4. The van der Waals surface area contributed by atoms with Crippen LogP contribution in [0.3, 0.4) is 0 Å². The number of benzene rings is 2. The molecule has 2 aromatic rings. The van der Waals surface area contributed by atoms with Crippen molar-refractivity contribution in [2.24, 2.45) is 0 Å². The molecule has 2 aromatic carbocycles. The van der Waals surface area contributed by atoms with Gasteiger partial charge in [-0.05, 0) is 48.7 Å². The number of rotatable bonds is 5. The monoisotopic (exact) mass is 354 g/mol. The first-order valence-corrected chi connectivity index (χ1v) is 8.66. The molecule has 26 heavy (non-hydrogen) atoms. The fraction of sp³-hybridized carbons (Fsp3) is 0.300. The number of anilines is 1. The predicted octanol–water partition coefficient (Wildman–Crippen LogP) is 2.59. The molecule has 0 radical (unpaired) electrons. The minimum atomic E-state index is -0.946. The molecule has 1 atom stereocenters. The second kappa shape index (κ2) is 8.01. The van der Waals surface area contributed by atoms with E-state index >= 15 is 0 Å². The van der Waals surface area contributed by atoms with Crippen LogP contribution in [0, 0.1) is 0 Å². The number of piperidine rings is 1. The minimum Gasteiger partial charge on any atom is -0.478 e. The molecular weight excluding hydrogens is 332 g/mol. The van der Waals surface area contributed by atoms with Crippen LogP contribution < -0.4 is 5.32 Å². The molecule has 0 bridgehead atoms. The average Bonchev–Trinajstić information content (AvgIpc) is 2.66. The van der Waals surface area contributed by atoms with E-state index < -0.39 is 12.1 Å². The Morgan fingerprint density at radius 3 is 2.58 bits per heavy atom. The van der Waals surface area contributed by atoms with Crippen molar-refractivity contribution in [1.29, 1.82) is 0 Å². The van der Waals surface area contributed by atoms with Crippen molar-refractivity contribution in [2.45, 2.75) is 25.5 Å². The van der Waals surface area contributed by atoms with Crippen molar-refractivity contribution in [1.82, 2.24) is 4.90 Å². The molecular formula is C20H22N2O4. The number of hydrogen-bond acceptors (Lipinski definition) is 4. The number of aromatic carboxylic acids is 1. The van der Waals surface area contributed by atoms with Crippen molar-refractivity contribution in [3.8, 4) is 0 Å². The molecule has 6 heteroatoms. The highest BCUT2D eigenvalue weighted by Gasteiger charge is 2.23. The Hall–Kier alpha value is -2.86. The number of amides is 1. The number of carboxylic acid groups (broad SMARTS) is 1. The number of nitrogens with one attached hydrogen (secondary N) is 1. The molecule has 1 amide bonds. The predicted molar refractivity (Wildman–Crippen MR) is 98.3 cm³/mol. The van der Waals surface area contributed by atoms with Crippen LogP contribution in [0.4, 0.5) is 5.69 Å². The van der Waals surface area contributed by atoms with Crippen LogP contribution in [0.15, 0.2) is 48.5 Å². The number of carboxylic acids is 1. The molecule has 3 N–H and O–H groups in total. The number of hydrogen-bond donors (Lipinski definition) is 3. The zero-order valence-corrected chi connectivity index (χ0v) is 14.4. The van der Waals surface area contributed by atoms with Gasteiger partial charge < -0.3 is 20.4 Å². The lowest BCUT2D eigenvalue weighted by Crippen LogP contribution is -2.42. The van der Waals surface area contributed by atoms with Crippen LogP contribution in [0.25, 0.3) is 0 Å². The Bertz CT molecular complexity index is 789. The number of β-amino-alcohol motifs (C(OH)–C–C–N with tert-alkyl or cyclic N) is 1. The number of likely N-dealkylation sites (tertiary alicyclic amines) is 1. The topological polar surface area (TPSA) is 89.9 Å². The molecule has 0 aromatic heterocycles. The van der Waals surface area contributed by atoms with Gasteiger partial charge in [0.25, 0.3) is 5.91 Å². The van der Waals surface area contributed by atoms with Gasteiger partial charge in [-0.3, -0.25) is 4.79 Å². The van der Waals surface area contributed by atoms with E-state index in [4.69, 9.17) is 5.11 Å². The van der Waals surface area contributed by atoms with E-state index in [1.54, 1.807) is 41.3 Å². The summed E-state index contributed by atoms with van der Waals surface area (Å²) in [5, 5.41) is 21.9. The first-order chi connectivity index (χ1) is 12.5. The standard InChI is InChI=1S/C20H22N2O4/c23-18-5-2-10-22(13-18)19(24)16-3-1-4-17(11-16)21-12-14-6-8-15(9-7-14)20(25)26/h1,3-4,6-9,11,18,21,23H,2,5,10,12-13H2,(H,25,26). The average molecular weight is 354 g/mol. The van der Waals surface area contributed by atoms with Crippen LogP contribution in [0.1, 0.15) is 39.1 Å². The lowest BCUT2D eigenvalue weighted by Gasteiger charge is -2.30. The minimum absolute atomic E-state index is 0.0711. The molecule has 3 rings (SSSR count). The second-order valence-electron chi connectivity index (χ2n) is 6.48. The molecule has 1 aliphatic rings. The van der Waals surface area contributed by atoms with E-state index in [9.17, 15) is 14.7 Å². The van der Waals surface area contributed by atoms with Crippen LogP contribution in [0.5, 0.6) is 0 Å². The molecule has 136 valence electrons. The third-order valence-corrected chi connectivity index (χ3v) is 4.49. The quantitative estimate of drug-likeness (QED) is 0.768. The zero-order valence-electron chi connectivity index (χ0n) is 14.4. The van der Waals surface area contributed by atoms with E-state index in [-0.39, 0.29) is 11.5 Å². The molecule has 1 saturated heterocycles. The van der Waals surface area contributed by atoms with E-state index in [1.165, 1.54) is 0 Å². The van der Waals surface area contributed by atoms with Crippen LogP contribution >= 0.6 is 0 Å². The fourth-order valence-electron chi connectivity index (χ4n) is 3.05. The Morgan fingerprint density at radius 1 is 1.12 bits per heavy atom. The fourth-order valence-corrected chi connectivity index (χ4v) is 3.05. The number of carbonyl (C=O) groups excluding carboxylic acids is 1. The van der Waals surface area contributed by atoms with Crippen LogP contribution in [-0.4, -0.2) is 46.2 Å². The van der Waals surface area contributed by atoms with E-state index in [1.807, 2.05) is 12.1 Å². The molecule has 1 unspecified atom stereocenters. The normalized spacial score (nSPS) is 17.0. The van der Waals surface area contributed by atoms with Crippen molar-refractivity contribution >= 4 is 17.6 Å². The first kappa shape index (κ1) is 17.9. The summed E-state index contributed by atoms with van der Waals surface area (Å²) in [6.07, 6.45) is 1.12. The molecule has 1 aliphatic heterocycles. The highest BCUT2D eigenvalue weighted by Crippen LogP contribution is 2.17. The summed E-state index contributed by atoms with van der Waals surface area (Å²) in [7, 11) is 0. The third-order valence-electron chi connectivity index (χ3n) is 4.49. The Labute approximate surface area is 152 Å². The highest BCUT2D eigenvalue weighted by molar-refractivity contribution is 5.95. The second-order valence-corrected chi connectivity index (χ2v) is 6.48. The molecule has 0 saturated carbocycles. The Kier molecular flexibility index (Phi) is 5.53. The summed E-state index contributed by atoms with van der Waals surface area (Å²) in [6.45, 7) is 1.58. The van der Waals surface area contributed by atoms with Crippen LogP contribution in [0.2, 0.25) is 0 Å². The van der Waals surface area contributed by atoms with Crippen molar-refractivity contribution in [2.75, 3.05) is 18.4 Å². The maximum Gasteiger partial charge on any atom is 0.335 e. The van der Waals surface area contributed by atoms with Gasteiger partial charge in [0.05, 0.1) is 11.7 Å². The molecule has 1 fully saturated rings. The van der Waals surface area contributed by atoms with Gasteiger partial charge >= 0.3 is 5.97 Å². The van der Waals surface area contributed by atoms with Gasteiger partial charge in [-0.15, -0.1) is 0 Å². The van der Waals surface area contributed by atoms with E-state index in [0.29, 0.717) is 25.2 Å².